The van der Waals surface area contributed by atoms with E-state index in [9.17, 15) is 4.79 Å². The molecule has 0 saturated carbocycles. The predicted octanol–water partition coefficient (Wildman–Crippen LogP) is 4.46. The number of halogens is 1. The largest absolute Gasteiger partial charge is 0.347 e. The maximum Gasteiger partial charge on any atom is 0.193 e. The molecule has 156 valence electrons. The lowest BCUT2D eigenvalue weighted by Crippen LogP contribution is -2.48. The molecule has 0 amide bonds. The number of piperidine rings is 1. The fourth-order valence-corrected chi connectivity index (χ4v) is 4.33. The van der Waals surface area contributed by atoms with E-state index < -0.39 is 0 Å². The lowest BCUT2D eigenvalue weighted by molar-refractivity contribution is -0.185. The summed E-state index contributed by atoms with van der Waals surface area (Å²) in [5, 5.41) is 0. The highest BCUT2D eigenvalue weighted by Gasteiger charge is 2.40. The maximum atomic E-state index is 12.8. The van der Waals surface area contributed by atoms with Crippen LogP contribution >= 0.6 is 12.4 Å². The SMILES string of the molecule is CC(C)(CN1CCC2(CC1)OCCO2)c1cccc(C(=O)c2ccccc2)c1.Cl. The van der Waals surface area contributed by atoms with Crippen molar-refractivity contribution < 1.29 is 14.3 Å². The van der Waals surface area contributed by atoms with Crippen LogP contribution in [0.15, 0.2) is 54.6 Å². The van der Waals surface area contributed by atoms with E-state index in [0.717, 1.165) is 43.6 Å². The van der Waals surface area contributed by atoms with E-state index in [1.807, 2.05) is 42.5 Å². The van der Waals surface area contributed by atoms with Gasteiger partial charge in [0.15, 0.2) is 11.6 Å². The second-order valence-corrected chi connectivity index (χ2v) is 8.54. The Morgan fingerprint density at radius 1 is 0.966 bits per heavy atom. The molecule has 4 nitrogen and oxygen atoms in total. The molecule has 1 spiro atoms. The third kappa shape index (κ3) is 4.89. The molecule has 0 atom stereocenters. The molecule has 2 fully saturated rings. The molecule has 0 unspecified atom stereocenters. The molecule has 2 aliphatic heterocycles. The van der Waals surface area contributed by atoms with Crippen molar-refractivity contribution in [1.29, 1.82) is 0 Å². The van der Waals surface area contributed by atoms with Crippen molar-refractivity contribution in [2.45, 2.75) is 37.9 Å². The Morgan fingerprint density at radius 2 is 1.59 bits per heavy atom. The van der Waals surface area contributed by atoms with Crippen molar-refractivity contribution >= 4 is 18.2 Å². The van der Waals surface area contributed by atoms with Crippen molar-refractivity contribution in [2.75, 3.05) is 32.8 Å². The number of nitrogens with zero attached hydrogens (tertiary/aromatic N) is 1. The minimum Gasteiger partial charge on any atom is -0.347 e. The molecule has 5 heteroatoms. The lowest BCUT2D eigenvalue weighted by Gasteiger charge is -2.41. The third-order valence-corrected chi connectivity index (χ3v) is 5.99. The summed E-state index contributed by atoms with van der Waals surface area (Å²) in [6, 6.07) is 17.6. The summed E-state index contributed by atoms with van der Waals surface area (Å²) in [6.07, 6.45) is 1.85. The van der Waals surface area contributed by atoms with Crippen LogP contribution in [0.25, 0.3) is 0 Å². The average Bonchev–Trinajstić information content (AvgIpc) is 3.18. The molecule has 2 heterocycles. The Hall–Kier alpha value is -1.72. The van der Waals surface area contributed by atoms with Gasteiger partial charge in [0, 0.05) is 49.0 Å². The van der Waals surface area contributed by atoms with Crippen LogP contribution in [0, 0.1) is 0 Å². The van der Waals surface area contributed by atoms with Crippen molar-refractivity contribution in [3.63, 3.8) is 0 Å². The van der Waals surface area contributed by atoms with Crippen molar-refractivity contribution in [3.8, 4) is 0 Å². The number of likely N-dealkylation sites (tertiary alicyclic amines) is 1. The van der Waals surface area contributed by atoms with Gasteiger partial charge in [0.1, 0.15) is 0 Å². The van der Waals surface area contributed by atoms with Crippen LogP contribution in [0.1, 0.15) is 48.2 Å². The molecule has 2 saturated heterocycles. The monoisotopic (exact) mass is 415 g/mol. The van der Waals surface area contributed by atoms with Gasteiger partial charge in [-0.3, -0.25) is 4.79 Å². The van der Waals surface area contributed by atoms with Gasteiger partial charge in [-0.1, -0.05) is 62.4 Å². The standard InChI is InChI=1S/C24H29NO3.ClH/c1-23(2,18-25-13-11-24(12-14-25)27-15-16-28-24)21-10-6-9-20(17-21)22(26)19-7-4-3-5-8-19;/h3-10,17H,11-16,18H2,1-2H3;1H. The summed E-state index contributed by atoms with van der Waals surface area (Å²) in [5.41, 5.74) is 2.63. The van der Waals surface area contributed by atoms with Crippen molar-refractivity contribution in [3.05, 3.63) is 71.3 Å². The Morgan fingerprint density at radius 3 is 2.24 bits per heavy atom. The van der Waals surface area contributed by atoms with Crippen LogP contribution in [-0.2, 0) is 14.9 Å². The van der Waals surface area contributed by atoms with Gasteiger partial charge in [0.25, 0.3) is 0 Å². The number of ketones is 1. The zero-order chi connectivity index (χ0) is 19.6. The van der Waals surface area contributed by atoms with Gasteiger partial charge < -0.3 is 14.4 Å². The highest BCUT2D eigenvalue weighted by molar-refractivity contribution is 6.09. The zero-order valence-electron chi connectivity index (χ0n) is 17.2. The van der Waals surface area contributed by atoms with Gasteiger partial charge in [-0.2, -0.15) is 0 Å². The summed E-state index contributed by atoms with van der Waals surface area (Å²) < 4.78 is 11.7. The molecular formula is C24H30ClNO3. The molecular weight excluding hydrogens is 386 g/mol. The zero-order valence-corrected chi connectivity index (χ0v) is 18.0. The van der Waals surface area contributed by atoms with Crippen LogP contribution in [0.5, 0.6) is 0 Å². The molecule has 2 aromatic carbocycles. The first kappa shape index (κ1) is 22.0. The number of carbonyl (C=O) groups is 1. The summed E-state index contributed by atoms with van der Waals surface area (Å²) in [4.78, 5) is 15.3. The maximum absolute atomic E-state index is 12.8. The molecule has 2 aliphatic rings. The van der Waals surface area contributed by atoms with E-state index in [1.54, 1.807) is 0 Å². The molecule has 0 radical (unpaired) electrons. The van der Waals surface area contributed by atoms with Crippen molar-refractivity contribution in [2.24, 2.45) is 0 Å². The number of hydrogen-bond acceptors (Lipinski definition) is 4. The van der Waals surface area contributed by atoms with E-state index in [4.69, 9.17) is 9.47 Å². The van der Waals surface area contributed by atoms with Gasteiger partial charge >= 0.3 is 0 Å². The van der Waals surface area contributed by atoms with Crippen molar-refractivity contribution in [1.82, 2.24) is 4.90 Å². The van der Waals surface area contributed by atoms with Gasteiger partial charge in [-0.15, -0.1) is 12.4 Å². The second kappa shape index (κ2) is 8.97. The molecule has 2 aromatic rings. The first-order valence-electron chi connectivity index (χ1n) is 10.2. The van der Waals surface area contributed by atoms with Crippen LogP contribution in [0.4, 0.5) is 0 Å². The first-order valence-corrected chi connectivity index (χ1v) is 10.2. The van der Waals surface area contributed by atoms with E-state index in [1.165, 1.54) is 5.56 Å². The molecule has 0 N–H and O–H groups in total. The van der Waals surface area contributed by atoms with E-state index >= 15 is 0 Å². The highest BCUT2D eigenvalue weighted by atomic mass is 35.5. The Labute approximate surface area is 179 Å². The Balaban J connectivity index is 0.00000240. The van der Waals surface area contributed by atoms with Crippen LogP contribution in [-0.4, -0.2) is 49.3 Å². The first-order chi connectivity index (χ1) is 13.5. The van der Waals surface area contributed by atoms with Gasteiger partial charge in [-0.25, -0.2) is 0 Å². The number of hydrogen-bond donors (Lipinski definition) is 0. The predicted molar refractivity (Wildman–Crippen MR) is 117 cm³/mol. The number of benzene rings is 2. The van der Waals surface area contributed by atoms with Crippen LogP contribution < -0.4 is 0 Å². The third-order valence-electron chi connectivity index (χ3n) is 5.99. The molecule has 4 rings (SSSR count). The average molecular weight is 416 g/mol. The topological polar surface area (TPSA) is 38.8 Å². The van der Waals surface area contributed by atoms with Gasteiger partial charge in [0.2, 0.25) is 0 Å². The number of rotatable bonds is 5. The number of ether oxygens (including phenoxy) is 2. The minimum atomic E-state index is -0.331. The Kier molecular flexibility index (Phi) is 6.79. The van der Waals surface area contributed by atoms with Crippen LogP contribution in [0.2, 0.25) is 0 Å². The summed E-state index contributed by atoms with van der Waals surface area (Å²) in [7, 11) is 0. The smallest absolute Gasteiger partial charge is 0.193 e. The molecule has 0 aliphatic carbocycles. The fourth-order valence-electron chi connectivity index (χ4n) is 4.33. The lowest BCUT2D eigenvalue weighted by atomic mass is 9.82. The summed E-state index contributed by atoms with van der Waals surface area (Å²) >= 11 is 0. The molecule has 0 bridgehead atoms. The quantitative estimate of drug-likeness (QED) is 0.676. The highest BCUT2D eigenvalue weighted by Crippen LogP contribution is 2.33. The normalized spacial score (nSPS) is 19.1. The summed E-state index contributed by atoms with van der Waals surface area (Å²) in [5.74, 6) is -0.253. The Bertz CT molecular complexity index is 821. The second-order valence-electron chi connectivity index (χ2n) is 8.54. The summed E-state index contributed by atoms with van der Waals surface area (Å²) in [6.45, 7) is 8.85. The van der Waals surface area contributed by atoms with E-state index in [0.29, 0.717) is 13.2 Å². The number of carbonyl (C=O) groups excluding carboxylic acids is 1. The van der Waals surface area contributed by atoms with Gasteiger partial charge in [-0.05, 0) is 11.6 Å². The molecule has 29 heavy (non-hydrogen) atoms. The van der Waals surface area contributed by atoms with Crippen LogP contribution in [0.3, 0.4) is 0 Å². The molecule has 0 aromatic heterocycles. The fraction of sp³-hybridized carbons (Fsp3) is 0.458. The van der Waals surface area contributed by atoms with E-state index in [2.05, 4.69) is 30.9 Å². The van der Waals surface area contributed by atoms with Gasteiger partial charge in [0.05, 0.1) is 13.2 Å². The minimum absolute atomic E-state index is 0. The van der Waals surface area contributed by atoms with E-state index in [-0.39, 0.29) is 29.4 Å².